The number of hydrogen-bond donors (Lipinski definition) is 2. The van der Waals surface area contributed by atoms with E-state index in [9.17, 15) is 14.4 Å². The number of alkyl carbamates (subject to hydrolysis) is 1. The van der Waals surface area contributed by atoms with Crippen LogP contribution >= 0.6 is 0 Å². The minimum Gasteiger partial charge on any atom is -0.462 e. The van der Waals surface area contributed by atoms with E-state index in [1.165, 1.54) is 25.1 Å². The molecule has 0 heterocycles. The molecule has 0 radical (unpaired) electrons. The van der Waals surface area contributed by atoms with Gasteiger partial charge in [-0.1, -0.05) is 26.5 Å². The van der Waals surface area contributed by atoms with Gasteiger partial charge >= 0.3 is 18.0 Å². The number of nitrogens with one attached hydrogen (secondary N) is 1. The second kappa shape index (κ2) is 11.1. The molecule has 0 aromatic heterocycles. The van der Waals surface area contributed by atoms with E-state index in [0.717, 1.165) is 6.42 Å². The lowest BCUT2D eigenvalue weighted by molar-refractivity contribution is -0.130. The van der Waals surface area contributed by atoms with Gasteiger partial charge in [-0.05, 0) is 38.3 Å². The molecule has 0 aliphatic rings. The van der Waals surface area contributed by atoms with Crippen LogP contribution < -0.4 is 15.8 Å². The van der Waals surface area contributed by atoms with Gasteiger partial charge in [-0.2, -0.15) is 0 Å². The number of carbonyl (C=O) groups excluding carboxylic acids is 3. The molecule has 154 valence electrons. The zero-order valence-corrected chi connectivity index (χ0v) is 16.7. The molecular formula is C20H28N2O6. The van der Waals surface area contributed by atoms with Gasteiger partial charge in [-0.25, -0.2) is 14.4 Å². The molecule has 1 atom stereocenters. The summed E-state index contributed by atoms with van der Waals surface area (Å²) in [6.07, 6.45) is -1.00. The normalized spacial score (nSPS) is 11.5. The second-order valence-corrected chi connectivity index (χ2v) is 6.58. The molecule has 1 aromatic rings. The molecule has 0 fully saturated rings. The van der Waals surface area contributed by atoms with E-state index in [0.29, 0.717) is 11.5 Å². The minimum atomic E-state index is -1.02. The molecular weight excluding hydrogens is 364 g/mol. The number of rotatable bonds is 9. The van der Waals surface area contributed by atoms with Crippen LogP contribution in [-0.2, 0) is 14.3 Å². The van der Waals surface area contributed by atoms with Crippen molar-refractivity contribution in [1.82, 2.24) is 5.32 Å². The molecule has 0 bridgehead atoms. The van der Waals surface area contributed by atoms with Crippen molar-refractivity contribution in [2.45, 2.75) is 40.3 Å². The molecule has 0 saturated carbocycles. The Morgan fingerprint density at radius 1 is 1.21 bits per heavy atom. The zero-order chi connectivity index (χ0) is 21.3. The third-order valence-electron chi connectivity index (χ3n) is 3.61. The molecule has 8 heteroatoms. The van der Waals surface area contributed by atoms with Crippen LogP contribution in [0.3, 0.4) is 0 Å². The third-order valence-corrected chi connectivity index (χ3v) is 3.61. The van der Waals surface area contributed by atoms with Gasteiger partial charge in [0.15, 0.2) is 0 Å². The fraction of sp³-hybridized carbons (Fsp3) is 0.450. The van der Waals surface area contributed by atoms with E-state index in [2.05, 4.69) is 11.9 Å². The minimum absolute atomic E-state index is 0.0237. The lowest BCUT2D eigenvalue weighted by Gasteiger charge is -2.18. The zero-order valence-electron chi connectivity index (χ0n) is 16.7. The predicted molar refractivity (Wildman–Crippen MR) is 104 cm³/mol. The number of hydrogen-bond acceptors (Lipinski definition) is 7. The van der Waals surface area contributed by atoms with Crippen LogP contribution in [0.1, 0.15) is 56.2 Å². The predicted octanol–water partition coefficient (Wildman–Crippen LogP) is 3.07. The van der Waals surface area contributed by atoms with Gasteiger partial charge in [0.25, 0.3) is 0 Å². The van der Waals surface area contributed by atoms with Crippen molar-refractivity contribution in [3.05, 3.63) is 41.5 Å². The average molecular weight is 392 g/mol. The van der Waals surface area contributed by atoms with E-state index < -0.39 is 24.2 Å². The Hall–Kier alpha value is -2.87. The number of esters is 2. The maximum absolute atomic E-state index is 12.2. The summed E-state index contributed by atoms with van der Waals surface area (Å²) in [6, 6.07) is 4.31. The van der Waals surface area contributed by atoms with Crippen LogP contribution in [0.4, 0.5) is 4.79 Å². The summed E-state index contributed by atoms with van der Waals surface area (Å²) in [6.45, 7) is 11.2. The Bertz CT molecular complexity index is 729. The molecule has 1 aromatic carbocycles. The third kappa shape index (κ3) is 7.40. The van der Waals surface area contributed by atoms with Crippen LogP contribution in [0, 0.1) is 5.92 Å². The molecule has 3 N–H and O–H groups in total. The molecule has 0 aliphatic carbocycles. The summed E-state index contributed by atoms with van der Waals surface area (Å²) in [4.78, 5) is 35.8. The topological polar surface area (TPSA) is 117 Å². The standard InChI is InChI=1S/C20H28N2O6/c1-6-26-20(25)22-17(21)15-8-7-14(19(24)27-10-9-12(2)3)11-16(15)28-18(23)13(4)5/h7-8,11-12,17H,4,6,9-10,21H2,1-3,5H3,(H,22,25). The fourth-order valence-corrected chi connectivity index (χ4v) is 2.04. The first-order chi connectivity index (χ1) is 13.1. The molecule has 1 unspecified atom stereocenters. The van der Waals surface area contributed by atoms with Gasteiger partial charge in [0.2, 0.25) is 0 Å². The van der Waals surface area contributed by atoms with Crippen LogP contribution in [0.25, 0.3) is 0 Å². The number of carbonyl (C=O) groups is 3. The Balaban J connectivity index is 3.07. The van der Waals surface area contributed by atoms with E-state index in [1.54, 1.807) is 6.92 Å². The number of nitrogens with two attached hydrogens (primary N) is 1. The number of amides is 1. The highest BCUT2D eigenvalue weighted by Crippen LogP contribution is 2.26. The average Bonchev–Trinajstić information content (AvgIpc) is 2.61. The van der Waals surface area contributed by atoms with Crippen molar-refractivity contribution in [3.63, 3.8) is 0 Å². The monoisotopic (exact) mass is 392 g/mol. The largest absolute Gasteiger partial charge is 0.462 e. The first-order valence-corrected chi connectivity index (χ1v) is 9.03. The number of benzene rings is 1. The Morgan fingerprint density at radius 2 is 1.89 bits per heavy atom. The molecule has 1 rings (SSSR count). The van der Waals surface area contributed by atoms with Crippen LogP contribution in [0.5, 0.6) is 5.75 Å². The summed E-state index contributed by atoms with van der Waals surface area (Å²) in [5.41, 5.74) is 6.63. The van der Waals surface area contributed by atoms with Crippen molar-refractivity contribution >= 4 is 18.0 Å². The Labute approximate surface area is 165 Å². The molecule has 8 nitrogen and oxygen atoms in total. The SMILES string of the molecule is C=C(C)C(=O)Oc1cc(C(=O)OCCC(C)C)ccc1C(N)NC(=O)OCC. The molecule has 0 saturated heterocycles. The van der Waals surface area contributed by atoms with Gasteiger partial charge in [-0.3, -0.25) is 0 Å². The van der Waals surface area contributed by atoms with E-state index >= 15 is 0 Å². The first-order valence-electron chi connectivity index (χ1n) is 9.03. The number of ether oxygens (including phenoxy) is 3. The summed E-state index contributed by atoms with van der Waals surface area (Å²) < 4.78 is 15.3. The van der Waals surface area contributed by atoms with Crippen LogP contribution in [0.2, 0.25) is 0 Å². The Morgan fingerprint density at radius 3 is 2.46 bits per heavy atom. The van der Waals surface area contributed by atoms with Gasteiger partial charge in [-0.15, -0.1) is 0 Å². The summed E-state index contributed by atoms with van der Waals surface area (Å²) in [5.74, 6) is -0.813. The fourth-order valence-electron chi connectivity index (χ4n) is 2.04. The van der Waals surface area contributed by atoms with Crippen molar-refractivity contribution in [3.8, 4) is 5.75 Å². The van der Waals surface area contributed by atoms with E-state index in [1.807, 2.05) is 13.8 Å². The van der Waals surface area contributed by atoms with Gasteiger partial charge in [0, 0.05) is 11.1 Å². The van der Waals surface area contributed by atoms with E-state index in [-0.39, 0.29) is 30.1 Å². The highest BCUT2D eigenvalue weighted by molar-refractivity contribution is 5.92. The maximum Gasteiger partial charge on any atom is 0.408 e. The maximum atomic E-state index is 12.2. The quantitative estimate of drug-likeness (QED) is 0.287. The summed E-state index contributed by atoms with van der Waals surface area (Å²) >= 11 is 0. The van der Waals surface area contributed by atoms with E-state index in [4.69, 9.17) is 19.9 Å². The lowest BCUT2D eigenvalue weighted by Crippen LogP contribution is -2.35. The smallest absolute Gasteiger partial charge is 0.408 e. The molecule has 1 amide bonds. The summed E-state index contributed by atoms with van der Waals surface area (Å²) in [7, 11) is 0. The molecule has 0 spiro atoms. The second-order valence-electron chi connectivity index (χ2n) is 6.58. The molecule has 0 aliphatic heterocycles. The van der Waals surface area contributed by atoms with Gasteiger partial charge in [0.05, 0.1) is 18.8 Å². The van der Waals surface area contributed by atoms with Gasteiger partial charge in [0.1, 0.15) is 11.9 Å². The first kappa shape index (κ1) is 23.2. The van der Waals surface area contributed by atoms with Crippen LogP contribution in [0.15, 0.2) is 30.4 Å². The van der Waals surface area contributed by atoms with Crippen molar-refractivity contribution < 1.29 is 28.6 Å². The Kier molecular flexibility index (Phi) is 9.17. The highest BCUT2D eigenvalue weighted by Gasteiger charge is 2.20. The lowest BCUT2D eigenvalue weighted by atomic mass is 10.1. The van der Waals surface area contributed by atoms with Crippen molar-refractivity contribution in [1.29, 1.82) is 0 Å². The summed E-state index contributed by atoms with van der Waals surface area (Å²) in [5, 5.41) is 2.42. The van der Waals surface area contributed by atoms with Gasteiger partial charge < -0.3 is 25.3 Å². The van der Waals surface area contributed by atoms with Crippen molar-refractivity contribution in [2.75, 3.05) is 13.2 Å². The molecule has 28 heavy (non-hydrogen) atoms. The van der Waals surface area contributed by atoms with Crippen molar-refractivity contribution in [2.24, 2.45) is 11.7 Å². The van der Waals surface area contributed by atoms with Crippen LogP contribution in [-0.4, -0.2) is 31.2 Å². The highest BCUT2D eigenvalue weighted by atomic mass is 16.6.